The molecule has 4 nitrogen and oxygen atoms in total. The van der Waals surface area contributed by atoms with E-state index in [-0.39, 0.29) is 30.9 Å². The van der Waals surface area contributed by atoms with Gasteiger partial charge >= 0.3 is 6.18 Å². The number of nitrogens with zero attached hydrogens (tertiary/aromatic N) is 2. The first-order valence-corrected chi connectivity index (χ1v) is 9.36. The zero-order valence-corrected chi connectivity index (χ0v) is 16.3. The number of benzene rings is 2. The SMILES string of the molecule is C[C@H]1c2cccc(C(O)C(F)(F)F)c2CCN1C(=O)Cc1c(Cl)cccc1C#N. The predicted octanol–water partition coefficient (Wildman–Crippen LogP) is 4.50. The first kappa shape index (κ1) is 21.2. The van der Waals surface area contributed by atoms with Gasteiger partial charge in [0.1, 0.15) is 0 Å². The van der Waals surface area contributed by atoms with Crippen molar-refractivity contribution in [2.75, 3.05) is 6.54 Å². The monoisotopic (exact) mass is 422 g/mol. The van der Waals surface area contributed by atoms with Crippen molar-refractivity contribution in [1.82, 2.24) is 4.90 Å². The largest absolute Gasteiger partial charge is 0.418 e. The second kappa shape index (κ2) is 8.05. The highest BCUT2D eigenvalue weighted by Crippen LogP contribution is 2.39. The normalized spacial score (nSPS) is 17.4. The van der Waals surface area contributed by atoms with Crippen LogP contribution in [-0.4, -0.2) is 28.6 Å². The topological polar surface area (TPSA) is 64.3 Å². The van der Waals surface area contributed by atoms with Crippen molar-refractivity contribution < 1.29 is 23.1 Å². The van der Waals surface area contributed by atoms with Gasteiger partial charge in [0, 0.05) is 11.6 Å². The third-order valence-corrected chi connectivity index (χ3v) is 5.62. The number of nitriles is 1. The van der Waals surface area contributed by atoms with Crippen molar-refractivity contribution in [2.24, 2.45) is 0 Å². The van der Waals surface area contributed by atoms with Crippen LogP contribution in [0.2, 0.25) is 5.02 Å². The summed E-state index contributed by atoms with van der Waals surface area (Å²) in [4.78, 5) is 14.5. The summed E-state index contributed by atoms with van der Waals surface area (Å²) < 4.78 is 39.0. The maximum absolute atomic E-state index is 13.0. The molecule has 1 aliphatic heterocycles. The lowest BCUT2D eigenvalue weighted by Gasteiger charge is -2.37. The van der Waals surface area contributed by atoms with E-state index in [0.29, 0.717) is 27.3 Å². The molecule has 0 aliphatic carbocycles. The first-order valence-electron chi connectivity index (χ1n) is 8.98. The van der Waals surface area contributed by atoms with Crippen molar-refractivity contribution in [3.05, 3.63) is 69.2 Å². The van der Waals surface area contributed by atoms with Gasteiger partial charge in [-0.05, 0) is 47.7 Å². The number of carbonyl (C=O) groups excluding carboxylic acids is 1. The van der Waals surface area contributed by atoms with Crippen LogP contribution in [0.15, 0.2) is 36.4 Å². The number of hydrogen-bond donors (Lipinski definition) is 1. The molecule has 2 aromatic rings. The van der Waals surface area contributed by atoms with Gasteiger partial charge in [0.25, 0.3) is 0 Å². The van der Waals surface area contributed by atoms with E-state index in [4.69, 9.17) is 11.6 Å². The van der Waals surface area contributed by atoms with Crippen LogP contribution in [0.1, 0.15) is 46.9 Å². The van der Waals surface area contributed by atoms with Crippen LogP contribution in [0.5, 0.6) is 0 Å². The van der Waals surface area contributed by atoms with Gasteiger partial charge in [0.15, 0.2) is 6.10 Å². The number of amides is 1. The van der Waals surface area contributed by atoms with Crippen LogP contribution in [0.4, 0.5) is 13.2 Å². The van der Waals surface area contributed by atoms with Gasteiger partial charge in [-0.1, -0.05) is 35.9 Å². The molecule has 1 N–H and O–H groups in total. The summed E-state index contributed by atoms with van der Waals surface area (Å²) in [7, 11) is 0. The van der Waals surface area contributed by atoms with E-state index in [9.17, 15) is 28.3 Å². The first-order chi connectivity index (χ1) is 13.6. The minimum atomic E-state index is -4.76. The van der Waals surface area contributed by atoms with Gasteiger partial charge in [-0.15, -0.1) is 0 Å². The standard InChI is InChI=1S/C21H18ClF3N2O2/c1-12-14-5-3-6-16(20(29)21(23,24)25)15(14)8-9-27(12)19(28)10-17-13(11-26)4-2-7-18(17)22/h2-7,12,20,29H,8-10H2,1H3/t12-,20?/m0/s1. The Labute approximate surface area is 171 Å². The van der Waals surface area contributed by atoms with E-state index in [0.717, 1.165) is 0 Å². The quantitative estimate of drug-likeness (QED) is 0.792. The summed E-state index contributed by atoms with van der Waals surface area (Å²) in [5.74, 6) is -0.269. The van der Waals surface area contributed by atoms with Crippen LogP contribution >= 0.6 is 11.6 Å². The van der Waals surface area contributed by atoms with Crippen molar-refractivity contribution in [3.8, 4) is 6.07 Å². The van der Waals surface area contributed by atoms with Crippen molar-refractivity contribution in [2.45, 2.75) is 38.1 Å². The van der Waals surface area contributed by atoms with Crippen molar-refractivity contribution in [1.29, 1.82) is 5.26 Å². The zero-order valence-electron chi connectivity index (χ0n) is 15.5. The molecule has 0 bridgehead atoms. The molecule has 3 rings (SSSR count). The Bertz CT molecular complexity index is 985. The van der Waals surface area contributed by atoms with Gasteiger partial charge in [-0.25, -0.2) is 0 Å². The number of rotatable bonds is 3. The number of fused-ring (bicyclic) bond motifs is 1. The van der Waals surface area contributed by atoms with Crippen molar-refractivity contribution in [3.63, 3.8) is 0 Å². The number of hydrogen-bond acceptors (Lipinski definition) is 3. The molecule has 0 saturated heterocycles. The molecule has 8 heteroatoms. The molecule has 0 spiro atoms. The molecule has 0 aromatic heterocycles. The summed E-state index contributed by atoms with van der Waals surface area (Å²) >= 11 is 6.15. The molecule has 2 atom stereocenters. The maximum atomic E-state index is 13.0. The fourth-order valence-electron chi connectivity index (χ4n) is 3.77. The van der Waals surface area contributed by atoms with E-state index in [2.05, 4.69) is 0 Å². The van der Waals surface area contributed by atoms with Gasteiger partial charge in [0.05, 0.1) is 24.1 Å². The molecule has 152 valence electrons. The molecular weight excluding hydrogens is 405 g/mol. The Kier molecular flexibility index (Phi) is 5.87. The summed E-state index contributed by atoms with van der Waals surface area (Å²) in [6.07, 6.45) is -7.20. The van der Waals surface area contributed by atoms with E-state index in [1.54, 1.807) is 36.1 Å². The highest BCUT2D eigenvalue weighted by Gasteiger charge is 2.42. The molecule has 2 aromatic carbocycles. The maximum Gasteiger partial charge on any atom is 0.418 e. The van der Waals surface area contributed by atoms with Gasteiger partial charge < -0.3 is 10.0 Å². The Hall–Kier alpha value is -2.56. The lowest BCUT2D eigenvalue weighted by atomic mass is 9.87. The fourth-order valence-corrected chi connectivity index (χ4v) is 4.01. The zero-order chi connectivity index (χ0) is 21.3. The number of halogens is 4. The molecular formula is C21H18ClF3N2O2. The molecule has 1 aliphatic rings. The molecule has 29 heavy (non-hydrogen) atoms. The predicted molar refractivity (Wildman–Crippen MR) is 101 cm³/mol. The number of alkyl halides is 3. The van der Waals surface area contributed by atoms with Gasteiger partial charge in [-0.2, -0.15) is 18.4 Å². The third-order valence-electron chi connectivity index (χ3n) is 5.26. The molecule has 0 radical (unpaired) electrons. The molecule has 0 fully saturated rings. The average molecular weight is 423 g/mol. The van der Waals surface area contributed by atoms with Crippen LogP contribution in [-0.2, 0) is 17.6 Å². The molecule has 1 unspecified atom stereocenters. The Morgan fingerprint density at radius 3 is 2.69 bits per heavy atom. The van der Waals surface area contributed by atoms with Crippen LogP contribution in [0.25, 0.3) is 0 Å². The Morgan fingerprint density at radius 2 is 2.03 bits per heavy atom. The average Bonchev–Trinajstić information content (AvgIpc) is 2.68. The minimum Gasteiger partial charge on any atom is -0.379 e. The smallest absolute Gasteiger partial charge is 0.379 e. The van der Waals surface area contributed by atoms with Gasteiger partial charge in [-0.3, -0.25) is 4.79 Å². The van der Waals surface area contributed by atoms with Crippen LogP contribution < -0.4 is 0 Å². The lowest BCUT2D eigenvalue weighted by Crippen LogP contribution is -2.40. The number of aliphatic hydroxyl groups is 1. The highest BCUT2D eigenvalue weighted by atomic mass is 35.5. The summed E-state index contributed by atoms with van der Waals surface area (Å²) in [5, 5.41) is 19.3. The summed E-state index contributed by atoms with van der Waals surface area (Å²) in [5.41, 5.74) is 1.56. The number of carbonyl (C=O) groups is 1. The lowest BCUT2D eigenvalue weighted by molar-refractivity contribution is -0.207. The minimum absolute atomic E-state index is 0.0763. The summed E-state index contributed by atoms with van der Waals surface area (Å²) in [6, 6.07) is 10.7. The third kappa shape index (κ3) is 4.09. The van der Waals surface area contributed by atoms with E-state index < -0.39 is 18.3 Å². The van der Waals surface area contributed by atoms with E-state index >= 15 is 0 Å². The van der Waals surface area contributed by atoms with Crippen LogP contribution in [0, 0.1) is 11.3 Å². The number of aliphatic hydroxyl groups excluding tert-OH is 1. The van der Waals surface area contributed by atoms with E-state index in [1.165, 1.54) is 12.1 Å². The van der Waals surface area contributed by atoms with E-state index in [1.807, 2.05) is 6.07 Å². The molecule has 1 heterocycles. The molecule has 0 saturated carbocycles. The van der Waals surface area contributed by atoms with Crippen LogP contribution in [0.3, 0.4) is 0 Å². The second-order valence-corrected chi connectivity index (χ2v) is 7.33. The summed E-state index contributed by atoms with van der Waals surface area (Å²) in [6.45, 7) is 1.94. The van der Waals surface area contributed by atoms with Gasteiger partial charge in [0.2, 0.25) is 5.91 Å². The molecule has 1 amide bonds. The second-order valence-electron chi connectivity index (χ2n) is 6.93. The van der Waals surface area contributed by atoms with Crippen molar-refractivity contribution >= 4 is 17.5 Å². The Balaban J connectivity index is 1.89. The highest BCUT2D eigenvalue weighted by molar-refractivity contribution is 6.31. The fraction of sp³-hybridized carbons (Fsp3) is 0.333. The Morgan fingerprint density at radius 1 is 1.34 bits per heavy atom.